The van der Waals surface area contributed by atoms with Crippen molar-refractivity contribution in [2.45, 2.75) is 26.4 Å². The summed E-state index contributed by atoms with van der Waals surface area (Å²) in [6.07, 6.45) is 0.504. The molecule has 1 aliphatic heterocycles. The molecule has 6 nitrogen and oxygen atoms in total. The Morgan fingerprint density at radius 2 is 2.07 bits per heavy atom. The number of nitrogens with zero attached hydrogens (tertiary/aromatic N) is 2. The molecule has 0 atom stereocenters. The molecule has 0 radical (unpaired) electrons. The standard InChI is InChI=1S/C9H14N2O4/c1-9(2,3)15-8(12)10-4-7(5-10)6-11(13)14/h6H,4-5H2,1-3H3. The van der Waals surface area contributed by atoms with E-state index in [-0.39, 0.29) is 13.1 Å². The van der Waals surface area contributed by atoms with E-state index in [1.54, 1.807) is 20.8 Å². The molecule has 15 heavy (non-hydrogen) atoms. The molecule has 0 aliphatic carbocycles. The van der Waals surface area contributed by atoms with E-state index in [1.165, 1.54) is 4.90 Å². The van der Waals surface area contributed by atoms with Crippen molar-refractivity contribution >= 4 is 6.09 Å². The second-order valence-corrected chi connectivity index (χ2v) is 4.41. The van der Waals surface area contributed by atoms with E-state index in [2.05, 4.69) is 0 Å². The van der Waals surface area contributed by atoms with Gasteiger partial charge >= 0.3 is 6.09 Å². The number of likely N-dealkylation sites (tertiary alicyclic amines) is 1. The lowest BCUT2D eigenvalue weighted by Crippen LogP contribution is -2.47. The molecule has 1 aliphatic rings. The number of nitro groups is 1. The van der Waals surface area contributed by atoms with Gasteiger partial charge in [-0.05, 0) is 20.8 Å². The van der Waals surface area contributed by atoms with Gasteiger partial charge in [0.15, 0.2) is 0 Å². The third kappa shape index (κ3) is 3.57. The highest BCUT2D eigenvalue weighted by molar-refractivity contribution is 5.70. The highest BCUT2D eigenvalue weighted by atomic mass is 16.6. The lowest BCUT2D eigenvalue weighted by Gasteiger charge is -2.33. The minimum Gasteiger partial charge on any atom is -0.444 e. The number of hydrogen-bond donors (Lipinski definition) is 0. The van der Waals surface area contributed by atoms with E-state index >= 15 is 0 Å². The fourth-order valence-corrected chi connectivity index (χ4v) is 1.13. The van der Waals surface area contributed by atoms with Crippen LogP contribution in [0.5, 0.6) is 0 Å². The normalized spacial score (nSPS) is 15.7. The van der Waals surface area contributed by atoms with Crippen molar-refractivity contribution in [3.05, 3.63) is 21.9 Å². The first-order chi connectivity index (χ1) is 6.78. The number of hydrogen-bond acceptors (Lipinski definition) is 4. The SMILES string of the molecule is CC(C)(C)OC(=O)N1CC(=C[N+](=O)[O-])C1. The van der Waals surface area contributed by atoms with Gasteiger partial charge in [-0.25, -0.2) is 4.79 Å². The van der Waals surface area contributed by atoms with Crippen LogP contribution in [-0.2, 0) is 4.74 Å². The summed E-state index contributed by atoms with van der Waals surface area (Å²) in [7, 11) is 0. The third-order valence-electron chi connectivity index (χ3n) is 1.73. The van der Waals surface area contributed by atoms with Gasteiger partial charge in [-0.1, -0.05) is 0 Å². The number of ether oxygens (including phenoxy) is 1. The molecule has 0 aromatic rings. The molecule has 1 rings (SSSR count). The van der Waals surface area contributed by atoms with Crippen molar-refractivity contribution in [1.29, 1.82) is 0 Å². The zero-order valence-corrected chi connectivity index (χ0v) is 9.02. The van der Waals surface area contributed by atoms with Gasteiger partial charge in [-0.2, -0.15) is 0 Å². The number of rotatable bonds is 1. The largest absolute Gasteiger partial charge is 0.444 e. The van der Waals surface area contributed by atoms with Crippen LogP contribution in [0.1, 0.15) is 20.8 Å². The maximum Gasteiger partial charge on any atom is 0.410 e. The molecule has 84 valence electrons. The van der Waals surface area contributed by atoms with Crippen molar-refractivity contribution < 1.29 is 14.5 Å². The van der Waals surface area contributed by atoms with Crippen LogP contribution in [0.2, 0.25) is 0 Å². The van der Waals surface area contributed by atoms with Crippen LogP contribution in [-0.4, -0.2) is 34.6 Å². The highest BCUT2D eigenvalue weighted by Crippen LogP contribution is 2.18. The Bertz CT molecular complexity index is 309. The predicted octanol–water partition coefficient (Wildman–Crippen LogP) is 1.40. The zero-order chi connectivity index (χ0) is 11.6. The quantitative estimate of drug-likeness (QED) is 0.488. The first-order valence-corrected chi connectivity index (χ1v) is 4.59. The van der Waals surface area contributed by atoms with Crippen LogP contribution in [0.4, 0.5) is 4.79 Å². The second kappa shape index (κ2) is 3.88. The van der Waals surface area contributed by atoms with Gasteiger partial charge in [-0.3, -0.25) is 15.0 Å². The van der Waals surface area contributed by atoms with E-state index in [9.17, 15) is 14.9 Å². The average molecular weight is 214 g/mol. The lowest BCUT2D eigenvalue weighted by molar-refractivity contribution is -0.404. The first kappa shape index (κ1) is 11.5. The molecule has 1 fully saturated rings. The Kier molecular flexibility index (Phi) is 2.97. The van der Waals surface area contributed by atoms with Gasteiger partial charge < -0.3 is 4.74 Å². The monoisotopic (exact) mass is 214 g/mol. The molecule has 0 N–H and O–H groups in total. The van der Waals surface area contributed by atoms with Gasteiger partial charge in [0, 0.05) is 5.57 Å². The summed E-state index contributed by atoms with van der Waals surface area (Å²) in [4.78, 5) is 22.4. The Morgan fingerprint density at radius 1 is 1.53 bits per heavy atom. The van der Waals surface area contributed by atoms with Crippen molar-refractivity contribution in [2.75, 3.05) is 13.1 Å². The van der Waals surface area contributed by atoms with Crippen molar-refractivity contribution in [3.63, 3.8) is 0 Å². The maximum atomic E-state index is 11.4. The van der Waals surface area contributed by atoms with Gasteiger partial charge in [0.2, 0.25) is 6.20 Å². The van der Waals surface area contributed by atoms with Gasteiger partial charge in [0.05, 0.1) is 18.0 Å². The Hall–Kier alpha value is -1.59. The summed E-state index contributed by atoms with van der Waals surface area (Å²) in [6.45, 7) is 5.90. The molecule has 1 saturated heterocycles. The Balaban J connectivity index is 2.39. The topological polar surface area (TPSA) is 72.7 Å². The second-order valence-electron chi connectivity index (χ2n) is 4.41. The van der Waals surface area contributed by atoms with Crippen LogP contribution in [0.15, 0.2) is 11.8 Å². The number of carbonyl (C=O) groups is 1. The molecule has 0 aromatic heterocycles. The van der Waals surface area contributed by atoms with Crippen molar-refractivity contribution in [2.24, 2.45) is 0 Å². The first-order valence-electron chi connectivity index (χ1n) is 4.59. The molecule has 6 heteroatoms. The predicted molar refractivity (Wildman–Crippen MR) is 52.9 cm³/mol. The summed E-state index contributed by atoms with van der Waals surface area (Å²) in [5, 5.41) is 10.1. The highest BCUT2D eigenvalue weighted by Gasteiger charge is 2.30. The smallest absolute Gasteiger partial charge is 0.410 e. The van der Waals surface area contributed by atoms with E-state index in [1.807, 2.05) is 0 Å². The van der Waals surface area contributed by atoms with E-state index in [0.717, 1.165) is 6.20 Å². The molecule has 1 heterocycles. The van der Waals surface area contributed by atoms with Crippen LogP contribution in [0.3, 0.4) is 0 Å². The van der Waals surface area contributed by atoms with Gasteiger partial charge in [-0.15, -0.1) is 0 Å². The molecule has 1 amide bonds. The van der Waals surface area contributed by atoms with Crippen molar-refractivity contribution in [3.8, 4) is 0 Å². The summed E-state index contributed by atoms with van der Waals surface area (Å²) in [5.74, 6) is 0. The molecule has 0 bridgehead atoms. The fourth-order valence-electron chi connectivity index (χ4n) is 1.13. The van der Waals surface area contributed by atoms with E-state index < -0.39 is 16.6 Å². The van der Waals surface area contributed by atoms with Crippen molar-refractivity contribution in [1.82, 2.24) is 4.90 Å². The lowest BCUT2D eigenvalue weighted by atomic mass is 10.1. The molecule has 0 unspecified atom stereocenters. The molecule has 0 aromatic carbocycles. The molecular weight excluding hydrogens is 200 g/mol. The summed E-state index contributed by atoms with van der Waals surface area (Å²) in [6, 6.07) is 0. The van der Waals surface area contributed by atoms with Gasteiger partial charge in [0.1, 0.15) is 5.60 Å². The number of carbonyl (C=O) groups excluding carboxylic acids is 1. The number of amides is 1. The van der Waals surface area contributed by atoms with Crippen LogP contribution in [0.25, 0.3) is 0 Å². The maximum absolute atomic E-state index is 11.4. The third-order valence-corrected chi connectivity index (χ3v) is 1.73. The van der Waals surface area contributed by atoms with Crippen LogP contribution in [0, 0.1) is 10.1 Å². The minimum atomic E-state index is -0.528. The summed E-state index contributed by atoms with van der Waals surface area (Å²) in [5.41, 5.74) is 0.102. The fraction of sp³-hybridized carbons (Fsp3) is 0.667. The summed E-state index contributed by atoms with van der Waals surface area (Å²) < 4.78 is 5.08. The minimum absolute atomic E-state index is 0.288. The zero-order valence-electron chi connectivity index (χ0n) is 9.02. The van der Waals surface area contributed by atoms with Crippen LogP contribution >= 0.6 is 0 Å². The van der Waals surface area contributed by atoms with Gasteiger partial charge in [0.25, 0.3) is 0 Å². The molecule has 0 saturated carbocycles. The van der Waals surface area contributed by atoms with E-state index in [4.69, 9.17) is 4.74 Å². The summed E-state index contributed by atoms with van der Waals surface area (Å²) >= 11 is 0. The molecular formula is C9H14N2O4. The van der Waals surface area contributed by atoms with E-state index in [0.29, 0.717) is 5.57 Å². The van der Waals surface area contributed by atoms with Crippen LogP contribution < -0.4 is 0 Å². The molecule has 0 spiro atoms. The Morgan fingerprint density at radius 3 is 2.47 bits per heavy atom. The Labute approximate surface area is 87.7 Å². The average Bonchev–Trinajstić information content (AvgIpc) is 1.91.